The highest BCUT2D eigenvalue weighted by atomic mass is 79.9. The zero-order chi connectivity index (χ0) is 18.7. The van der Waals surface area contributed by atoms with Gasteiger partial charge in [0.15, 0.2) is 0 Å². The number of hydrogen-bond acceptors (Lipinski definition) is 5. The van der Waals surface area contributed by atoms with Crippen molar-refractivity contribution in [2.75, 3.05) is 0 Å². The fourth-order valence-corrected chi connectivity index (χ4v) is 4.30. The predicted molar refractivity (Wildman–Crippen MR) is 106 cm³/mol. The number of carbonyl (C=O) groups excluding carboxylic acids is 1. The number of aromatic nitrogens is 2. The molecule has 0 N–H and O–H groups in total. The quantitative estimate of drug-likeness (QED) is 0.539. The number of aryl methyl sites for hydroxylation is 2. The first-order valence-electron chi connectivity index (χ1n) is 8.48. The molecule has 3 heterocycles. The summed E-state index contributed by atoms with van der Waals surface area (Å²) in [7, 11) is 0. The summed E-state index contributed by atoms with van der Waals surface area (Å²) < 4.78 is 7.62. The fraction of sp³-hybridized carbons (Fsp3) is 0.316. The molecule has 0 aliphatic rings. The number of pyridine rings is 1. The van der Waals surface area contributed by atoms with E-state index in [2.05, 4.69) is 34.8 Å². The Bertz CT molecular complexity index is 1010. The Balaban J connectivity index is 1.76. The highest BCUT2D eigenvalue weighted by molar-refractivity contribution is 9.10. The van der Waals surface area contributed by atoms with Crippen LogP contribution in [0.15, 0.2) is 39.7 Å². The number of thiophene rings is 1. The maximum atomic E-state index is 12.4. The summed E-state index contributed by atoms with van der Waals surface area (Å²) in [5.41, 5.74) is 1.95. The average molecular weight is 435 g/mol. The largest absolute Gasteiger partial charge is 0.455 e. The van der Waals surface area contributed by atoms with E-state index in [0.717, 1.165) is 23.7 Å². The second-order valence-corrected chi connectivity index (χ2v) is 7.95. The fourth-order valence-electron chi connectivity index (χ4n) is 2.72. The van der Waals surface area contributed by atoms with Crippen molar-refractivity contribution in [3.8, 4) is 0 Å². The van der Waals surface area contributed by atoms with Gasteiger partial charge in [0.05, 0.1) is 5.69 Å². The van der Waals surface area contributed by atoms with Crippen LogP contribution < -0.4 is 5.56 Å². The summed E-state index contributed by atoms with van der Waals surface area (Å²) in [4.78, 5) is 30.8. The molecule has 5 nitrogen and oxygen atoms in total. The minimum atomic E-state index is -0.371. The normalized spacial score (nSPS) is 11.0. The van der Waals surface area contributed by atoms with E-state index in [1.165, 1.54) is 32.2 Å². The van der Waals surface area contributed by atoms with Crippen LogP contribution in [0.3, 0.4) is 0 Å². The van der Waals surface area contributed by atoms with Crippen molar-refractivity contribution in [3.63, 3.8) is 0 Å². The molecule has 0 aromatic carbocycles. The Kier molecular flexibility index (Phi) is 5.88. The van der Waals surface area contributed by atoms with E-state index in [1.807, 2.05) is 12.1 Å². The Morgan fingerprint density at radius 2 is 2.12 bits per heavy atom. The van der Waals surface area contributed by atoms with Crippen molar-refractivity contribution in [2.24, 2.45) is 0 Å². The molecular formula is C19H19BrN2O3S. The summed E-state index contributed by atoms with van der Waals surface area (Å²) in [6, 6.07) is 6.85. The van der Waals surface area contributed by atoms with Gasteiger partial charge in [-0.2, -0.15) is 0 Å². The van der Waals surface area contributed by atoms with Gasteiger partial charge in [0.1, 0.15) is 17.1 Å². The van der Waals surface area contributed by atoms with Crippen LogP contribution in [0.2, 0.25) is 0 Å². The molecule has 0 saturated carbocycles. The molecule has 0 aliphatic carbocycles. The first kappa shape index (κ1) is 18.8. The van der Waals surface area contributed by atoms with E-state index < -0.39 is 0 Å². The smallest absolute Gasteiger partial charge is 0.348 e. The molecule has 3 aromatic rings. The number of esters is 1. The molecule has 0 fully saturated rings. The number of nitrogens with zero attached hydrogens (tertiary/aromatic N) is 2. The number of fused-ring (bicyclic) bond motifs is 1. The lowest BCUT2D eigenvalue weighted by molar-refractivity contribution is 0.0473. The van der Waals surface area contributed by atoms with Gasteiger partial charge in [0.25, 0.3) is 5.56 Å². The molecule has 0 atom stereocenters. The lowest BCUT2D eigenvalue weighted by Crippen LogP contribution is -2.16. The van der Waals surface area contributed by atoms with E-state index >= 15 is 0 Å². The van der Waals surface area contributed by atoms with Gasteiger partial charge in [-0.25, -0.2) is 9.78 Å². The number of rotatable bonds is 6. The maximum absolute atomic E-state index is 12.4. The van der Waals surface area contributed by atoms with Crippen LogP contribution in [0.5, 0.6) is 0 Å². The molecule has 3 aromatic heterocycles. The summed E-state index contributed by atoms with van der Waals surface area (Å²) in [6.07, 6.45) is 4.58. The van der Waals surface area contributed by atoms with Gasteiger partial charge in [-0.15, -0.1) is 11.3 Å². The van der Waals surface area contributed by atoms with Crippen LogP contribution >= 0.6 is 27.3 Å². The average Bonchev–Trinajstić information content (AvgIpc) is 3.04. The summed E-state index contributed by atoms with van der Waals surface area (Å²) in [5, 5.41) is 0. The van der Waals surface area contributed by atoms with Crippen molar-refractivity contribution >= 4 is 38.9 Å². The van der Waals surface area contributed by atoms with Crippen molar-refractivity contribution in [1.29, 1.82) is 0 Å². The molecule has 0 aliphatic heterocycles. The van der Waals surface area contributed by atoms with Crippen LogP contribution in [0.4, 0.5) is 0 Å². The molecule has 0 bridgehead atoms. The van der Waals surface area contributed by atoms with Crippen LogP contribution in [-0.2, 0) is 24.2 Å². The van der Waals surface area contributed by atoms with E-state index in [1.54, 1.807) is 12.3 Å². The van der Waals surface area contributed by atoms with Gasteiger partial charge >= 0.3 is 5.97 Å². The summed E-state index contributed by atoms with van der Waals surface area (Å²) >= 11 is 4.82. The molecule has 0 spiro atoms. The van der Waals surface area contributed by atoms with Crippen molar-refractivity contribution < 1.29 is 9.53 Å². The van der Waals surface area contributed by atoms with E-state index in [4.69, 9.17) is 4.74 Å². The summed E-state index contributed by atoms with van der Waals surface area (Å²) in [5.74, 6) is -0.371. The van der Waals surface area contributed by atoms with Gasteiger partial charge < -0.3 is 4.74 Å². The predicted octanol–water partition coefficient (Wildman–Crippen LogP) is 4.39. The second kappa shape index (κ2) is 8.14. The Labute approximate surface area is 163 Å². The van der Waals surface area contributed by atoms with Gasteiger partial charge in [-0.3, -0.25) is 9.20 Å². The van der Waals surface area contributed by atoms with Crippen molar-refractivity contribution in [3.05, 3.63) is 66.3 Å². The first-order valence-corrected chi connectivity index (χ1v) is 10.1. The molecule has 7 heteroatoms. The molecule has 0 amide bonds. The first-order chi connectivity index (χ1) is 12.5. The minimum absolute atomic E-state index is 0.0247. The highest BCUT2D eigenvalue weighted by Crippen LogP contribution is 2.25. The third kappa shape index (κ3) is 4.04. The summed E-state index contributed by atoms with van der Waals surface area (Å²) in [6.45, 7) is 4.18. The van der Waals surface area contributed by atoms with Crippen molar-refractivity contribution in [1.82, 2.24) is 9.38 Å². The van der Waals surface area contributed by atoms with Crippen LogP contribution in [0.25, 0.3) is 5.65 Å². The van der Waals surface area contributed by atoms with Crippen LogP contribution in [-0.4, -0.2) is 15.4 Å². The topological polar surface area (TPSA) is 60.7 Å². The third-order valence-corrected chi connectivity index (χ3v) is 5.67. The van der Waals surface area contributed by atoms with Gasteiger partial charge in [0.2, 0.25) is 0 Å². The zero-order valence-electron chi connectivity index (χ0n) is 14.6. The molecule has 136 valence electrons. The second-order valence-electron chi connectivity index (χ2n) is 5.90. The lowest BCUT2D eigenvalue weighted by Gasteiger charge is -2.05. The SMILES string of the molecule is CCCc1sc(C(=O)OCc2cc(=O)n3cc(Br)ccc3n2)cc1CC. The minimum Gasteiger partial charge on any atom is -0.455 e. The number of hydrogen-bond donors (Lipinski definition) is 0. The van der Waals surface area contributed by atoms with Crippen molar-refractivity contribution in [2.45, 2.75) is 39.7 Å². The number of ether oxygens (including phenoxy) is 1. The van der Waals surface area contributed by atoms with Crippen LogP contribution in [0, 0.1) is 0 Å². The zero-order valence-corrected chi connectivity index (χ0v) is 17.0. The van der Waals surface area contributed by atoms with Crippen LogP contribution in [0.1, 0.15) is 46.1 Å². The van der Waals surface area contributed by atoms with E-state index in [-0.39, 0.29) is 18.1 Å². The molecule has 26 heavy (non-hydrogen) atoms. The standard InChI is InChI=1S/C19H19BrN2O3S/c1-3-5-15-12(4-2)8-16(26-15)19(24)25-11-14-9-18(23)22-10-13(20)6-7-17(22)21-14/h6-10H,3-5,11H2,1-2H3. The highest BCUT2D eigenvalue weighted by Gasteiger charge is 2.15. The molecule has 3 rings (SSSR count). The third-order valence-electron chi connectivity index (χ3n) is 3.98. The van der Waals surface area contributed by atoms with Gasteiger partial charge in [-0.05, 0) is 52.5 Å². The molecule has 0 saturated heterocycles. The van der Waals surface area contributed by atoms with E-state index in [9.17, 15) is 9.59 Å². The lowest BCUT2D eigenvalue weighted by atomic mass is 10.1. The van der Waals surface area contributed by atoms with Gasteiger partial charge in [-0.1, -0.05) is 20.3 Å². The van der Waals surface area contributed by atoms with Gasteiger partial charge in [0, 0.05) is 21.6 Å². The molecular weight excluding hydrogens is 416 g/mol. The molecule has 0 radical (unpaired) electrons. The number of carbonyl (C=O) groups is 1. The monoisotopic (exact) mass is 434 g/mol. The van der Waals surface area contributed by atoms with E-state index in [0.29, 0.717) is 16.2 Å². The molecule has 0 unspecified atom stereocenters. The Morgan fingerprint density at radius 1 is 1.31 bits per heavy atom. The maximum Gasteiger partial charge on any atom is 0.348 e. The number of halogens is 1. The Morgan fingerprint density at radius 3 is 2.85 bits per heavy atom. The Hall–Kier alpha value is -1.99.